The third-order valence-corrected chi connectivity index (χ3v) is 3.96. The largest absolute Gasteiger partial charge is 0.478 e. The van der Waals surface area contributed by atoms with Crippen molar-refractivity contribution in [1.29, 1.82) is 0 Å². The highest BCUT2D eigenvalue weighted by molar-refractivity contribution is 5.88. The van der Waals surface area contributed by atoms with Crippen LogP contribution in [0.5, 0.6) is 0 Å². The van der Waals surface area contributed by atoms with Crippen LogP contribution in [-0.4, -0.2) is 29.1 Å². The zero-order chi connectivity index (χ0) is 14.7. The lowest BCUT2D eigenvalue weighted by Gasteiger charge is -2.31. The molecule has 1 aliphatic rings. The molecule has 0 aliphatic carbocycles. The predicted molar refractivity (Wildman–Crippen MR) is 81.9 cm³/mol. The quantitative estimate of drug-likeness (QED) is 0.937. The Labute approximate surface area is 124 Å². The molecule has 3 rings (SSSR count). The second-order valence-electron chi connectivity index (χ2n) is 5.34. The summed E-state index contributed by atoms with van der Waals surface area (Å²) in [5.41, 5.74) is 3.99. The second-order valence-corrected chi connectivity index (χ2v) is 5.34. The molecular weight excluding hydrogens is 264 g/mol. The van der Waals surface area contributed by atoms with Crippen molar-refractivity contribution in [2.75, 3.05) is 18.0 Å². The average Bonchev–Trinajstić information content (AvgIpc) is 2.53. The number of carbonyl (C=O) groups is 1. The Balaban J connectivity index is 1.76. The summed E-state index contributed by atoms with van der Waals surface area (Å²) < 4.78 is 0. The molecule has 0 unspecified atom stereocenters. The van der Waals surface area contributed by atoms with Crippen LogP contribution in [0.4, 0.5) is 5.69 Å². The van der Waals surface area contributed by atoms with E-state index in [1.807, 2.05) is 36.7 Å². The van der Waals surface area contributed by atoms with Crippen LogP contribution in [0.1, 0.15) is 27.9 Å². The standard InChI is InChI=1S/C17H18N2O2/c20-17(21)15-3-4-16-14(12-15)2-1-10-19(16)11-7-13-5-8-18-9-6-13/h3-6,8-9,12H,1-2,7,10-11H2,(H,20,21). The van der Waals surface area contributed by atoms with E-state index < -0.39 is 5.97 Å². The number of anilines is 1. The SMILES string of the molecule is O=C(O)c1ccc2c(c1)CCCN2CCc1ccncc1. The minimum atomic E-state index is -0.855. The van der Waals surface area contributed by atoms with Gasteiger partial charge in [-0.25, -0.2) is 4.79 Å². The van der Waals surface area contributed by atoms with Crippen LogP contribution in [0.25, 0.3) is 0 Å². The monoisotopic (exact) mass is 282 g/mol. The van der Waals surface area contributed by atoms with E-state index in [-0.39, 0.29) is 0 Å². The summed E-state index contributed by atoms with van der Waals surface area (Å²) in [6.45, 7) is 1.98. The Morgan fingerprint density at radius 1 is 1.24 bits per heavy atom. The minimum absolute atomic E-state index is 0.379. The normalized spacial score (nSPS) is 13.8. The Kier molecular flexibility index (Phi) is 3.86. The van der Waals surface area contributed by atoms with E-state index >= 15 is 0 Å². The van der Waals surface area contributed by atoms with Gasteiger partial charge in [0.1, 0.15) is 0 Å². The van der Waals surface area contributed by atoms with Gasteiger partial charge in [-0.05, 0) is 60.7 Å². The van der Waals surface area contributed by atoms with E-state index in [1.165, 1.54) is 11.3 Å². The number of fused-ring (bicyclic) bond motifs is 1. The Bertz CT molecular complexity index is 640. The fourth-order valence-electron chi connectivity index (χ4n) is 2.85. The molecule has 0 spiro atoms. The maximum atomic E-state index is 11.1. The minimum Gasteiger partial charge on any atom is -0.478 e. The Morgan fingerprint density at radius 3 is 2.81 bits per heavy atom. The number of aromatic nitrogens is 1. The van der Waals surface area contributed by atoms with Gasteiger partial charge in [0.05, 0.1) is 5.56 Å². The zero-order valence-electron chi connectivity index (χ0n) is 11.8. The number of hydrogen-bond acceptors (Lipinski definition) is 3. The molecule has 2 heterocycles. The summed E-state index contributed by atoms with van der Waals surface area (Å²) in [6, 6.07) is 9.55. The second kappa shape index (κ2) is 5.95. The molecule has 0 bridgehead atoms. The van der Waals surface area contributed by atoms with Crippen LogP contribution in [-0.2, 0) is 12.8 Å². The summed E-state index contributed by atoms with van der Waals surface area (Å²) in [5, 5.41) is 9.08. The lowest BCUT2D eigenvalue weighted by atomic mass is 9.98. The van der Waals surface area contributed by atoms with Gasteiger partial charge in [0, 0.05) is 31.2 Å². The molecule has 1 N–H and O–H groups in total. The van der Waals surface area contributed by atoms with E-state index in [2.05, 4.69) is 9.88 Å². The molecule has 0 fully saturated rings. The number of aryl methyl sites for hydroxylation is 1. The highest BCUT2D eigenvalue weighted by Gasteiger charge is 2.18. The van der Waals surface area contributed by atoms with Crippen LogP contribution in [0, 0.1) is 0 Å². The first kappa shape index (κ1) is 13.6. The van der Waals surface area contributed by atoms with Gasteiger partial charge in [-0.15, -0.1) is 0 Å². The number of benzene rings is 1. The Hall–Kier alpha value is -2.36. The van der Waals surface area contributed by atoms with Crippen LogP contribution in [0.3, 0.4) is 0 Å². The summed E-state index contributed by atoms with van der Waals surface area (Å²) in [7, 11) is 0. The fraction of sp³-hybridized carbons (Fsp3) is 0.294. The van der Waals surface area contributed by atoms with Crippen molar-refractivity contribution < 1.29 is 9.90 Å². The average molecular weight is 282 g/mol. The molecule has 1 aliphatic heterocycles. The summed E-state index contributed by atoms with van der Waals surface area (Å²) in [5.74, 6) is -0.855. The van der Waals surface area contributed by atoms with E-state index in [9.17, 15) is 4.79 Å². The number of hydrogen-bond donors (Lipinski definition) is 1. The highest BCUT2D eigenvalue weighted by atomic mass is 16.4. The van der Waals surface area contributed by atoms with Gasteiger partial charge in [-0.1, -0.05) is 0 Å². The van der Waals surface area contributed by atoms with E-state index in [1.54, 1.807) is 6.07 Å². The van der Waals surface area contributed by atoms with Gasteiger partial charge >= 0.3 is 5.97 Å². The predicted octanol–water partition coefficient (Wildman–Crippen LogP) is 2.78. The highest BCUT2D eigenvalue weighted by Crippen LogP contribution is 2.28. The molecule has 0 saturated heterocycles. The summed E-state index contributed by atoms with van der Waals surface area (Å²) >= 11 is 0. The number of aromatic carboxylic acids is 1. The van der Waals surface area contributed by atoms with Crippen LogP contribution < -0.4 is 4.90 Å². The maximum Gasteiger partial charge on any atom is 0.335 e. The van der Waals surface area contributed by atoms with Crippen LogP contribution in [0.15, 0.2) is 42.7 Å². The molecule has 1 aromatic heterocycles. The van der Waals surface area contributed by atoms with Gasteiger partial charge in [-0.2, -0.15) is 0 Å². The fourth-order valence-corrected chi connectivity index (χ4v) is 2.85. The number of pyridine rings is 1. The number of rotatable bonds is 4. The van der Waals surface area contributed by atoms with Crippen molar-refractivity contribution in [3.05, 3.63) is 59.4 Å². The van der Waals surface area contributed by atoms with Gasteiger partial charge in [0.2, 0.25) is 0 Å². The zero-order valence-corrected chi connectivity index (χ0v) is 11.8. The first-order valence-electron chi connectivity index (χ1n) is 7.24. The Morgan fingerprint density at radius 2 is 2.05 bits per heavy atom. The number of carboxylic acid groups (broad SMARTS) is 1. The van der Waals surface area contributed by atoms with Gasteiger partial charge in [0.25, 0.3) is 0 Å². The van der Waals surface area contributed by atoms with Gasteiger partial charge in [0.15, 0.2) is 0 Å². The summed E-state index contributed by atoms with van der Waals surface area (Å²) in [6.07, 6.45) is 6.65. The molecule has 4 nitrogen and oxygen atoms in total. The molecular formula is C17H18N2O2. The van der Waals surface area contributed by atoms with Crippen molar-refractivity contribution in [2.45, 2.75) is 19.3 Å². The van der Waals surface area contributed by atoms with Crippen molar-refractivity contribution in [3.8, 4) is 0 Å². The third kappa shape index (κ3) is 3.05. The van der Waals surface area contributed by atoms with Crippen LogP contribution >= 0.6 is 0 Å². The first-order chi connectivity index (χ1) is 10.2. The van der Waals surface area contributed by atoms with Crippen molar-refractivity contribution in [3.63, 3.8) is 0 Å². The third-order valence-electron chi connectivity index (χ3n) is 3.96. The topological polar surface area (TPSA) is 53.4 Å². The van der Waals surface area contributed by atoms with Crippen molar-refractivity contribution in [1.82, 2.24) is 4.98 Å². The molecule has 21 heavy (non-hydrogen) atoms. The number of carboxylic acids is 1. The molecule has 108 valence electrons. The summed E-state index contributed by atoms with van der Waals surface area (Å²) in [4.78, 5) is 17.4. The van der Waals surface area contributed by atoms with Gasteiger partial charge < -0.3 is 10.0 Å². The molecule has 2 aromatic rings. The van der Waals surface area contributed by atoms with Crippen LogP contribution in [0.2, 0.25) is 0 Å². The molecule has 4 heteroatoms. The van der Waals surface area contributed by atoms with E-state index in [4.69, 9.17) is 5.11 Å². The van der Waals surface area contributed by atoms with E-state index in [0.717, 1.165) is 37.9 Å². The molecule has 1 aromatic carbocycles. The molecule has 0 atom stereocenters. The lowest BCUT2D eigenvalue weighted by Crippen LogP contribution is -2.31. The molecule has 0 radical (unpaired) electrons. The van der Waals surface area contributed by atoms with E-state index in [0.29, 0.717) is 5.56 Å². The van der Waals surface area contributed by atoms with Gasteiger partial charge in [-0.3, -0.25) is 4.98 Å². The van der Waals surface area contributed by atoms with Crippen molar-refractivity contribution >= 4 is 11.7 Å². The smallest absolute Gasteiger partial charge is 0.335 e. The van der Waals surface area contributed by atoms with Crippen molar-refractivity contribution in [2.24, 2.45) is 0 Å². The number of nitrogens with zero attached hydrogens (tertiary/aromatic N) is 2. The maximum absolute atomic E-state index is 11.1. The molecule has 0 amide bonds. The molecule has 0 saturated carbocycles. The lowest BCUT2D eigenvalue weighted by molar-refractivity contribution is 0.0697. The first-order valence-corrected chi connectivity index (χ1v) is 7.24.